The number of fused-ring (bicyclic) bond motifs is 3. The lowest BCUT2D eigenvalue weighted by molar-refractivity contribution is 0.627. The minimum Gasteiger partial charge on any atom is -0.309 e. The molecule has 130 valence electrons. The fraction of sp³-hybridized carbons (Fsp3) is 0.0400. The standard InChI is InChI=1S/C25H18FN/c26-20-11-13-21(14-12-20)27-24-9-5-4-8-22(24)23-17-19(10-15-25(23)27)16-18-6-2-1-3-7-18/h1-15,17H,16H2. The Bertz CT molecular complexity index is 1230. The molecule has 0 bridgehead atoms. The van der Waals surface area contributed by atoms with Crippen molar-refractivity contribution in [3.63, 3.8) is 0 Å². The Morgan fingerprint density at radius 1 is 0.593 bits per heavy atom. The van der Waals surface area contributed by atoms with E-state index in [-0.39, 0.29) is 5.82 Å². The summed E-state index contributed by atoms with van der Waals surface area (Å²) in [7, 11) is 0. The quantitative estimate of drug-likeness (QED) is 0.349. The van der Waals surface area contributed by atoms with Crippen LogP contribution < -0.4 is 0 Å². The van der Waals surface area contributed by atoms with Gasteiger partial charge in [-0.1, -0.05) is 54.6 Å². The van der Waals surface area contributed by atoms with Crippen molar-refractivity contribution in [3.8, 4) is 5.69 Å². The molecule has 0 fully saturated rings. The Morgan fingerprint density at radius 3 is 2.11 bits per heavy atom. The van der Waals surface area contributed by atoms with Gasteiger partial charge in [-0.3, -0.25) is 0 Å². The van der Waals surface area contributed by atoms with Gasteiger partial charge in [0, 0.05) is 16.5 Å². The first-order valence-electron chi connectivity index (χ1n) is 9.11. The summed E-state index contributed by atoms with van der Waals surface area (Å²) in [6.07, 6.45) is 0.910. The average Bonchev–Trinajstić information content (AvgIpc) is 3.03. The molecule has 5 aromatic rings. The highest BCUT2D eigenvalue weighted by atomic mass is 19.1. The van der Waals surface area contributed by atoms with Crippen molar-refractivity contribution in [1.29, 1.82) is 0 Å². The SMILES string of the molecule is Fc1ccc(-n2c3ccccc3c3cc(Cc4ccccc4)ccc32)cc1. The Labute approximate surface area is 157 Å². The van der Waals surface area contributed by atoms with E-state index >= 15 is 0 Å². The van der Waals surface area contributed by atoms with Crippen molar-refractivity contribution in [3.05, 3.63) is 114 Å². The molecule has 1 nitrogen and oxygen atoms in total. The van der Waals surface area contributed by atoms with Crippen molar-refractivity contribution in [2.45, 2.75) is 6.42 Å². The number of rotatable bonds is 3. The van der Waals surface area contributed by atoms with E-state index in [2.05, 4.69) is 65.2 Å². The van der Waals surface area contributed by atoms with Crippen LogP contribution in [0.15, 0.2) is 97.1 Å². The number of aromatic nitrogens is 1. The van der Waals surface area contributed by atoms with E-state index in [1.54, 1.807) is 0 Å². The summed E-state index contributed by atoms with van der Waals surface area (Å²) in [6.45, 7) is 0. The van der Waals surface area contributed by atoms with E-state index in [1.807, 2.05) is 24.3 Å². The molecule has 0 spiro atoms. The molecule has 0 aliphatic carbocycles. The first-order valence-corrected chi connectivity index (χ1v) is 9.11. The molecule has 1 aromatic heterocycles. The second kappa shape index (κ2) is 6.40. The normalized spacial score (nSPS) is 11.3. The number of nitrogens with zero attached hydrogens (tertiary/aromatic N) is 1. The maximum absolute atomic E-state index is 13.4. The molecule has 2 heteroatoms. The van der Waals surface area contributed by atoms with Crippen molar-refractivity contribution >= 4 is 21.8 Å². The molecule has 4 aromatic carbocycles. The van der Waals surface area contributed by atoms with Crippen LogP contribution in [0, 0.1) is 5.82 Å². The molecule has 0 saturated heterocycles. The Morgan fingerprint density at radius 2 is 1.30 bits per heavy atom. The fourth-order valence-corrected chi connectivity index (χ4v) is 3.83. The Hall–Kier alpha value is -3.39. The predicted molar refractivity (Wildman–Crippen MR) is 110 cm³/mol. The van der Waals surface area contributed by atoms with Gasteiger partial charge in [0.1, 0.15) is 5.82 Å². The summed E-state index contributed by atoms with van der Waals surface area (Å²) in [5, 5.41) is 2.44. The van der Waals surface area contributed by atoms with Crippen LogP contribution in [0.2, 0.25) is 0 Å². The monoisotopic (exact) mass is 351 g/mol. The van der Waals surface area contributed by atoms with Gasteiger partial charge in [0.15, 0.2) is 0 Å². The van der Waals surface area contributed by atoms with E-state index in [9.17, 15) is 4.39 Å². The third-order valence-electron chi connectivity index (χ3n) is 5.07. The van der Waals surface area contributed by atoms with E-state index in [1.165, 1.54) is 34.0 Å². The molecular formula is C25H18FN. The summed E-state index contributed by atoms with van der Waals surface area (Å²) in [6, 6.07) is 32.3. The number of para-hydroxylation sites is 1. The smallest absolute Gasteiger partial charge is 0.123 e. The third-order valence-corrected chi connectivity index (χ3v) is 5.07. The first kappa shape index (κ1) is 15.8. The first-order chi connectivity index (χ1) is 13.3. The lowest BCUT2D eigenvalue weighted by Gasteiger charge is -2.08. The van der Waals surface area contributed by atoms with Crippen LogP contribution in [-0.2, 0) is 6.42 Å². The van der Waals surface area contributed by atoms with Gasteiger partial charge in [-0.05, 0) is 60.0 Å². The van der Waals surface area contributed by atoms with Crippen LogP contribution in [0.1, 0.15) is 11.1 Å². The topological polar surface area (TPSA) is 4.93 Å². The lowest BCUT2D eigenvalue weighted by atomic mass is 10.0. The van der Waals surface area contributed by atoms with Crippen LogP contribution >= 0.6 is 0 Å². The van der Waals surface area contributed by atoms with E-state index in [0.717, 1.165) is 23.1 Å². The number of halogens is 1. The zero-order valence-corrected chi connectivity index (χ0v) is 14.8. The maximum Gasteiger partial charge on any atom is 0.123 e. The van der Waals surface area contributed by atoms with E-state index in [4.69, 9.17) is 0 Å². The molecule has 0 saturated carbocycles. The number of hydrogen-bond donors (Lipinski definition) is 0. The van der Waals surface area contributed by atoms with Gasteiger partial charge >= 0.3 is 0 Å². The predicted octanol–water partition coefficient (Wildman–Crippen LogP) is 6.51. The fourth-order valence-electron chi connectivity index (χ4n) is 3.83. The molecule has 0 atom stereocenters. The van der Waals surface area contributed by atoms with E-state index in [0.29, 0.717) is 0 Å². The summed E-state index contributed by atoms with van der Waals surface area (Å²) >= 11 is 0. The highest BCUT2D eigenvalue weighted by molar-refractivity contribution is 6.09. The van der Waals surface area contributed by atoms with Gasteiger partial charge in [0.05, 0.1) is 11.0 Å². The zero-order chi connectivity index (χ0) is 18.2. The number of hydrogen-bond acceptors (Lipinski definition) is 0. The molecule has 0 radical (unpaired) electrons. The largest absolute Gasteiger partial charge is 0.309 e. The Kier molecular flexibility index (Phi) is 3.75. The van der Waals surface area contributed by atoms with Crippen molar-refractivity contribution in [2.24, 2.45) is 0 Å². The van der Waals surface area contributed by atoms with Crippen molar-refractivity contribution < 1.29 is 4.39 Å². The van der Waals surface area contributed by atoms with Crippen molar-refractivity contribution in [1.82, 2.24) is 4.57 Å². The highest BCUT2D eigenvalue weighted by Gasteiger charge is 2.12. The van der Waals surface area contributed by atoms with Gasteiger partial charge in [-0.25, -0.2) is 4.39 Å². The molecule has 5 rings (SSSR count). The molecule has 0 aliphatic rings. The zero-order valence-electron chi connectivity index (χ0n) is 14.8. The van der Waals surface area contributed by atoms with Crippen LogP contribution in [0.4, 0.5) is 4.39 Å². The lowest BCUT2D eigenvalue weighted by Crippen LogP contribution is -1.94. The highest BCUT2D eigenvalue weighted by Crippen LogP contribution is 2.33. The second-order valence-electron chi connectivity index (χ2n) is 6.84. The second-order valence-corrected chi connectivity index (χ2v) is 6.84. The molecule has 0 N–H and O–H groups in total. The van der Waals surface area contributed by atoms with Crippen LogP contribution in [-0.4, -0.2) is 4.57 Å². The minimum atomic E-state index is -0.218. The van der Waals surface area contributed by atoms with Gasteiger partial charge < -0.3 is 4.57 Å². The molecule has 27 heavy (non-hydrogen) atoms. The third kappa shape index (κ3) is 2.80. The van der Waals surface area contributed by atoms with Crippen molar-refractivity contribution in [2.75, 3.05) is 0 Å². The van der Waals surface area contributed by atoms with Crippen LogP contribution in [0.3, 0.4) is 0 Å². The molecule has 1 heterocycles. The van der Waals surface area contributed by atoms with Gasteiger partial charge in [0.2, 0.25) is 0 Å². The molecular weight excluding hydrogens is 333 g/mol. The molecule has 0 aliphatic heterocycles. The summed E-state index contributed by atoms with van der Waals surface area (Å²) in [5.74, 6) is -0.218. The van der Waals surface area contributed by atoms with Crippen LogP contribution in [0.5, 0.6) is 0 Å². The Balaban J connectivity index is 1.72. The summed E-state index contributed by atoms with van der Waals surface area (Å²) in [5.41, 5.74) is 5.84. The molecule has 0 unspecified atom stereocenters. The van der Waals surface area contributed by atoms with Gasteiger partial charge in [-0.15, -0.1) is 0 Å². The minimum absolute atomic E-state index is 0.218. The van der Waals surface area contributed by atoms with Crippen LogP contribution in [0.25, 0.3) is 27.5 Å². The van der Waals surface area contributed by atoms with Gasteiger partial charge in [-0.2, -0.15) is 0 Å². The maximum atomic E-state index is 13.4. The van der Waals surface area contributed by atoms with Gasteiger partial charge in [0.25, 0.3) is 0 Å². The molecule has 0 amide bonds. The summed E-state index contributed by atoms with van der Waals surface area (Å²) < 4.78 is 15.6. The summed E-state index contributed by atoms with van der Waals surface area (Å²) in [4.78, 5) is 0. The van der Waals surface area contributed by atoms with E-state index < -0.39 is 0 Å². The average molecular weight is 351 g/mol. The number of benzene rings is 4.